The van der Waals surface area contributed by atoms with Crippen LogP contribution in [-0.4, -0.2) is 27.7 Å². The number of benzene rings is 1. The van der Waals surface area contributed by atoms with E-state index in [1.165, 1.54) is 0 Å². The number of hydrogen-bond acceptors (Lipinski definition) is 4. The third kappa shape index (κ3) is 4.22. The molecule has 0 saturated heterocycles. The van der Waals surface area contributed by atoms with E-state index in [9.17, 15) is 9.59 Å². The lowest BCUT2D eigenvalue weighted by Crippen LogP contribution is -2.14. The highest BCUT2D eigenvalue weighted by Crippen LogP contribution is 2.19. The van der Waals surface area contributed by atoms with Crippen molar-refractivity contribution in [1.82, 2.24) is 9.78 Å². The first-order valence-corrected chi connectivity index (χ1v) is 8.62. The number of nitrogens with zero attached hydrogens (tertiary/aromatic N) is 2. The highest BCUT2D eigenvalue weighted by molar-refractivity contribution is 7.98. The number of aromatic nitrogens is 2. The monoisotopic (exact) mass is 331 g/mol. The van der Waals surface area contributed by atoms with Gasteiger partial charge in [0.25, 0.3) is 0 Å². The number of carbonyl (C=O) groups is 2. The van der Waals surface area contributed by atoms with Crippen molar-refractivity contribution in [2.45, 2.75) is 31.6 Å². The smallest absolute Gasteiger partial charge is 0.224 e. The van der Waals surface area contributed by atoms with Crippen LogP contribution in [-0.2, 0) is 11.8 Å². The van der Waals surface area contributed by atoms with Gasteiger partial charge in [0.05, 0.1) is 17.1 Å². The van der Waals surface area contributed by atoms with E-state index in [4.69, 9.17) is 0 Å². The number of anilines is 1. The van der Waals surface area contributed by atoms with Crippen LogP contribution < -0.4 is 5.32 Å². The molecule has 6 heteroatoms. The Labute approximate surface area is 140 Å². The summed E-state index contributed by atoms with van der Waals surface area (Å²) < 4.78 is 1.73. The van der Waals surface area contributed by atoms with Gasteiger partial charge >= 0.3 is 0 Å². The number of rotatable bonds is 6. The average molecular weight is 331 g/mol. The summed E-state index contributed by atoms with van der Waals surface area (Å²) in [6.45, 7) is 3.75. The number of ketones is 1. The predicted molar refractivity (Wildman–Crippen MR) is 93.1 cm³/mol. The molecule has 2 rings (SSSR count). The van der Waals surface area contributed by atoms with Crippen LogP contribution in [0.15, 0.2) is 29.2 Å². The van der Waals surface area contributed by atoms with Crippen molar-refractivity contribution in [3.8, 4) is 0 Å². The van der Waals surface area contributed by atoms with E-state index < -0.39 is 0 Å². The molecule has 1 aromatic carbocycles. The van der Waals surface area contributed by atoms with Crippen molar-refractivity contribution in [3.05, 3.63) is 41.2 Å². The zero-order chi connectivity index (χ0) is 17.0. The molecule has 1 amide bonds. The molecule has 0 saturated carbocycles. The molecule has 1 N–H and O–H groups in total. The molecular formula is C17H21N3O2S. The molecule has 0 unspecified atom stereocenters. The fraction of sp³-hybridized carbons (Fsp3) is 0.353. The minimum atomic E-state index is -0.168. The highest BCUT2D eigenvalue weighted by atomic mass is 32.2. The number of carbonyl (C=O) groups excluding carboxylic acids is 2. The van der Waals surface area contributed by atoms with Crippen LogP contribution in [0.1, 0.15) is 34.6 Å². The van der Waals surface area contributed by atoms with E-state index in [0.29, 0.717) is 5.56 Å². The second kappa shape index (κ2) is 7.46. The number of amides is 1. The van der Waals surface area contributed by atoms with Gasteiger partial charge in [-0.15, -0.1) is 11.8 Å². The van der Waals surface area contributed by atoms with Crippen molar-refractivity contribution in [2.75, 3.05) is 11.6 Å². The summed E-state index contributed by atoms with van der Waals surface area (Å²) in [5.41, 5.74) is 3.05. The van der Waals surface area contributed by atoms with Crippen LogP contribution >= 0.6 is 11.8 Å². The molecule has 0 aliphatic heterocycles. The van der Waals surface area contributed by atoms with E-state index in [2.05, 4.69) is 10.4 Å². The molecule has 23 heavy (non-hydrogen) atoms. The molecule has 1 heterocycles. The van der Waals surface area contributed by atoms with Crippen molar-refractivity contribution in [1.29, 1.82) is 0 Å². The Morgan fingerprint density at radius 2 is 1.83 bits per heavy atom. The van der Waals surface area contributed by atoms with Gasteiger partial charge in [-0.25, -0.2) is 0 Å². The summed E-state index contributed by atoms with van der Waals surface area (Å²) >= 11 is 1.63. The van der Waals surface area contributed by atoms with E-state index in [-0.39, 0.29) is 24.5 Å². The van der Waals surface area contributed by atoms with E-state index in [0.717, 1.165) is 22.0 Å². The molecule has 122 valence electrons. The second-order valence-electron chi connectivity index (χ2n) is 5.37. The molecule has 1 aromatic heterocycles. The van der Waals surface area contributed by atoms with Crippen LogP contribution in [0.25, 0.3) is 0 Å². The van der Waals surface area contributed by atoms with Crippen LogP contribution in [0, 0.1) is 13.8 Å². The van der Waals surface area contributed by atoms with Gasteiger partial charge in [-0.2, -0.15) is 5.10 Å². The van der Waals surface area contributed by atoms with Crippen molar-refractivity contribution >= 4 is 29.1 Å². The Morgan fingerprint density at radius 1 is 1.17 bits per heavy atom. The Bertz CT molecular complexity index is 720. The first kappa shape index (κ1) is 17.3. The van der Waals surface area contributed by atoms with E-state index in [1.54, 1.807) is 16.4 Å². The standard InChI is InChI=1S/C17H21N3O2S/c1-11-17(12(2)20(3)19-11)18-16(22)10-9-15(21)13-5-7-14(23-4)8-6-13/h5-8H,9-10H2,1-4H3,(H,18,22). The maximum absolute atomic E-state index is 12.1. The summed E-state index contributed by atoms with van der Waals surface area (Å²) in [5.74, 6) is -0.189. The zero-order valence-electron chi connectivity index (χ0n) is 13.8. The van der Waals surface area contributed by atoms with Gasteiger partial charge in [-0.1, -0.05) is 12.1 Å². The normalized spacial score (nSPS) is 10.6. The number of Topliss-reactive ketones (excluding diaryl/α,β-unsaturated/α-hetero) is 1. The molecule has 5 nitrogen and oxygen atoms in total. The Morgan fingerprint density at radius 3 is 2.35 bits per heavy atom. The molecular weight excluding hydrogens is 310 g/mol. The van der Waals surface area contributed by atoms with Crippen LogP contribution in [0.4, 0.5) is 5.69 Å². The molecule has 0 radical (unpaired) electrons. The molecule has 0 aliphatic rings. The van der Waals surface area contributed by atoms with E-state index in [1.807, 2.05) is 51.4 Å². The number of nitrogens with one attached hydrogen (secondary N) is 1. The molecule has 0 spiro atoms. The zero-order valence-corrected chi connectivity index (χ0v) is 14.7. The van der Waals surface area contributed by atoms with Gasteiger partial charge in [0.15, 0.2) is 5.78 Å². The van der Waals surface area contributed by atoms with Crippen molar-refractivity contribution in [3.63, 3.8) is 0 Å². The minimum absolute atomic E-state index is 0.0209. The maximum atomic E-state index is 12.1. The molecule has 2 aromatic rings. The predicted octanol–water partition coefficient (Wildman–Crippen LogP) is 3.36. The van der Waals surface area contributed by atoms with Crippen molar-refractivity contribution < 1.29 is 9.59 Å². The first-order valence-electron chi connectivity index (χ1n) is 7.39. The summed E-state index contributed by atoms with van der Waals surface area (Å²) in [7, 11) is 1.83. The highest BCUT2D eigenvalue weighted by Gasteiger charge is 2.14. The topological polar surface area (TPSA) is 64.0 Å². The SMILES string of the molecule is CSc1ccc(C(=O)CCC(=O)Nc2c(C)nn(C)c2C)cc1. The molecule has 0 aliphatic carbocycles. The van der Waals surface area contributed by atoms with Gasteiger partial charge in [0.2, 0.25) is 5.91 Å². The van der Waals surface area contributed by atoms with Gasteiger partial charge in [-0.05, 0) is 32.2 Å². The summed E-state index contributed by atoms with van der Waals surface area (Å²) in [4.78, 5) is 25.3. The van der Waals surface area contributed by atoms with Gasteiger partial charge in [0.1, 0.15) is 0 Å². The fourth-order valence-corrected chi connectivity index (χ4v) is 2.71. The lowest BCUT2D eigenvalue weighted by molar-refractivity contribution is -0.116. The third-order valence-electron chi connectivity index (χ3n) is 3.76. The summed E-state index contributed by atoms with van der Waals surface area (Å²) in [6.07, 6.45) is 2.35. The fourth-order valence-electron chi connectivity index (χ4n) is 2.30. The Balaban J connectivity index is 1.92. The number of aryl methyl sites for hydroxylation is 2. The van der Waals surface area contributed by atoms with Crippen LogP contribution in [0.2, 0.25) is 0 Å². The largest absolute Gasteiger partial charge is 0.323 e. The lowest BCUT2D eigenvalue weighted by atomic mass is 10.1. The average Bonchev–Trinajstić information content (AvgIpc) is 2.79. The van der Waals surface area contributed by atoms with Crippen molar-refractivity contribution in [2.24, 2.45) is 7.05 Å². The minimum Gasteiger partial charge on any atom is -0.323 e. The first-order chi connectivity index (χ1) is 10.9. The second-order valence-corrected chi connectivity index (χ2v) is 6.25. The molecule has 0 bridgehead atoms. The van der Waals surface area contributed by atoms with Gasteiger partial charge in [0, 0.05) is 30.3 Å². The maximum Gasteiger partial charge on any atom is 0.224 e. The van der Waals surface area contributed by atoms with E-state index >= 15 is 0 Å². The number of hydrogen-bond donors (Lipinski definition) is 1. The van der Waals surface area contributed by atoms with Crippen LogP contribution in [0.5, 0.6) is 0 Å². The number of thioether (sulfide) groups is 1. The summed E-state index contributed by atoms with van der Waals surface area (Å²) in [5, 5.41) is 7.10. The van der Waals surface area contributed by atoms with Gasteiger partial charge < -0.3 is 5.32 Å². The quantitative estimate of drug-likeness (QED) is 0.651. The molecule has 0 fully saturated rings. The van der Waals surface area contributed by atoms with Gasteiger partial charge in [-0.3, -0.25) is 14.3 Å². The third-order valence-corrected chi connectivity index (χ3v) is 4.51. The summed E-state index contributed by atoms with van der Waals surface area (Å²) in [6, 6.07) is 7.45. The lowest BCUT2D eigenvalue weighted by Gasteiger charge is -2.06. The Kier molecular flexibility index (Phi) is 5.60. The Hall–Kier alpha value is -2.08. The van der Waals surface area contributed by atoms with Crippen LogP contribution in [0.3, 0.4) is 0 Å². The molecule has 0 atom stereocenters.